The molecule has 2 aliphatic carbocycles. The van der Waals surface area contributed by atoms with Gasteiger partial charge < -0.3 is 18.9 Å². The number of rotatable bonds is 10. The standard InChI is InChI=1S/C23H44O4/c1-17(24-5)15-26-21-11-7-19(8-12-21)23(3,4)20-9-13-22(14-10-20)27-16-18(2)25-6/h17-22H,7-16H2,1-6H3. The number of methoxy groups -OCH3 is 2. The third-order valence-electron chi connectivity index (χ3n) is 7.39. The van der Waals surface area contributed by atoms with Crippen LogP contribution in [0.4, 0.5) is 0 Å². The minimum absolute atomic E-state index is 0.198. The zero-order chi connectivity index (χ0) is 19.9. The quantitative estimate of drug-likeness (QED) is 0.516. The normalized spacial score (nSPS) is 32.2. The van der Waals surface area contributed by atoms with E-state index in [4.69, 9.17) is 18.9 Å². The lowest BCUT2D eigenvalue weighted by atomic mass is 9.60. The van der Waals surface area contributed by atoms with E-state index in [1.54, 1.807) is 14.2 Å². The van der Waals surface area contributed by atoms with Crippen LogP contribution >= 0.6 is 0 Å². The van der Waals surface area contributed by atoms with Crippen molar-refractivity contribution < 1.29 is 18.9 Å². The van der Waals surface area contributed by atoms with Gasteiger partial charge in [-0.3, -0.25) is 0 Å². The summed E-state index contributed by atoms with van der Waals surface area (Å²) in [6, 6.07) is 0. The fourth-order valence-electron chi connectivity index (χ4n) is 4.96. The van der Waals surface area contributed by atoms with Gasteiger partial charge in [-0.2, -0.15) is 0 Å². The fraction of sp³-hybridized carbons (Fsp3) is 1.00. The maximum atomic E-state index is 6.06. The molecule has 4 nitrogen and oxygen atoms in total. The van der Waals surface area contributed by atoms with Crippen LogP contribution in [-0.2, 0) is 18.9 Å². The van der Waals surface area contributed by atoms with Gasteiger partial charge in [-0.05, 0) is 82.5 Å². The number of hydrogen-bond donors (Lipinski definition) is 0. The second-order valence-electron chi connectivity index (χ2n) is 9.53. The molecule has 0 aromatic rings. The van der Waals surface area contributed by atoms with E-state index in [0.717, 1.165) is 25.0 Å². The topological polar surface area (TPSA) is 36.9 Å². The third-order valence-corrected chi connectivity index (χ3v) is 7.39. The molecule has 0 heterocycles. The van der Waals surface area contributed by atoms with E-state index in [0.29, 0.717) is 17.6 Å². The Kier molecular flexibility index (Phi) is 9.54. The van der Waals surface area contributed by atoms with Crippen LogP contribution in [0.5, 0.6) is 0 Å². The molecule has 0 aliphatic heterocycles. The second kappa shape index (κ2) is 11.1. The second-order valence-corrected chi connectivity index (χ2v) is 9.53. The average Bonchev–Trinajstić information content (AvgIpc) is 2.70. The summed E-state index contributed by atoms with van der Waals surface area (Å²) in [6.45, 7) is 10.6. The van der Waals surface area contributed by atoms with E-state index >= 15 is 0 Å². The molecule has 0 spiro atoms. The van der Waals surface area contributed by atoms with E-state index in [1.165, 1.54) is 51.4 Å². The van der Waals surface area contributed by atoms with E-state index in [2.05, 4.69) is 27.7 Å². The lowest BCUT2D eigenvalue weighted by Gasteiger charge is -2.46. The Morgan fingerprint density at radius 1 is 0.667 bits per heavy atom. The monoisotopic (exact) mass is 384 g/mol. The van der Waals surface area contributed by atoms with Crippen LogP contribution in [0, 0.1) is 17.3 Å². The Bertz CT molecular complexity index is 359. The molecular weight excluding hydrogens is 340 g/mol. The molecule has 4 heteroatoms. The molecule has 2 atom stereocenters. The first kappa shape index (κ1) is 23.1. The van der Waals surface area contributed by atoms with Gasteiger partial charge in [0.1, 0.15) is 0 Å². The van der Waals surface area contributed by atoms with Crippen LogP contribution in [0.3, 0.4) is 0 Å². The highest BCUT2D eigenvalue weighted by Crippen LogP contribution is 2.48. The number of ether oxygens (including phenoxy) is 4. The van der Waals surface area contributed by atoms with Crippen molar-refractivity contribution in [3.05, 3.63) is 0 Å². The van der Waals surface area contributed by atoms with Gasteiger partial charge >= 0.3 is 0 Å². The maximum absolute atomic E-state index is 6.06. The van der Waals surface area contributed by atoms with Gasteiger partial charge in [-0.25, -0.2) is 0 Å². The van der Waals surface area contributed by atoms with Crippen molar-refractivity contribution in [2.75, 3.05) is 27.4 Å². The summed E-state index contributed by atoms with van der Waals surface area (Å²) < 4.78 is 22.7. The smallest absolute Gasteiger partial charge is 0.0776 e. The highest BCUT2D eigenvalue weighted by molar-refractivity contribution is 4.91. The summed E-state index contributed by atoms with van der Waals surface area (Å²) >= 11 is 0. The predicted octanol–water partition coefficient (Wildman–Crippen LogP) is 5.23. The molecule has 0 bridgehead atoms. The molecule has 0 aromatic heterocycles. The molecule has 0 N–H and O–H groups in total. The molecule has 2 unspecified atom stereocenters. The van der Waals surface area contributed by atoms with Crippen molar-refractivity contribution in [3.63, 3.8) is 0 Å². The number of hydrogen-bond acceptors (Lipinski definition) is 4. The summed E-state index contributed by atoms with van der Waals surface area (Å²) in [6.07, 6.45) is 11.3. The first-order valence-corrected chi connectivity index (χ1v) is 11.2. The van der Waals surface area contributed by atoms with Crippen molar-refractivity contribution in [2.45, 2.75) is 103 Å². The van der Waals surface area contributed by atoms with Crippen molar-refractivity contribution in [1.82, 2.24) is 0 Å². The molecule has 0 aromatic carbocycles. The summed E-state index contributed by atoms with van der Waals surface area (Å²) in [5.41, 5.74) is 0.426. The Morgan fingerprint density at radius 2 is 1.00 bits per heavy atom. The molecule has 27 heavy (non-hydrogen) atoms. The van der Waals surface area contributed by atoms with Gasteiger partial charge in [0.25, 0.3) is 0 Å². The molecule has 160 valence electrons. The van der Waals surface area contributed by atoms with E-state index in [1.807, 2.05) is 0 Å². The fourth-order valence-corrected chi connectivity index (χ4v) is 4.96. The summed E-state index contributed by atoms with van der Waals surface area (Å²) in [5, 5.41) is 0. The summed E-state index contributed by atoms with van der Waals surface area (Å²) in [4.78, 5) is 0. The minimum Gasteiger partial charge on any atom is -0.379 e. The summed E-state index contributed by atoms with van der Waals surface area (Å²) in [7, 11) is 3.51. The summed E-state index contributed by atoms with van der Waals surface area (Å²) in [5.74, 6) is 1.65. The van der Waals surface area contributed by atoms with Gasteiger partial charge in [0.2, 0.25) is 0 Å². The lowest BCUT2D eigenvalue weighted by molar-refractivity contribution is -0.0638. The van der Waals surface area contributed by atoms with Gasteiger partial charge in [-0.1, -0.05) is 13.8 Å². The van der Waals surface area contributed by atoms with Crippen LogP contribution in [-0.4, -0.2) is 51.8 Å². The maximum Gasteiger partial charge on any atom is 0.0776 e. The molecule has 0 amide bonds. The Morgan fingerprint density at radius 3 is 1.30 bits per heavy atom. The zero-order valence-corrected chi connectivity index (χ0v) is 18.7. The molecular formula is C23H44O4. The van der Waals surface area contributed by atoms with Crippen molar-refractivity contribution in [3.8, 4) is 0 Å². The van der Waals surface area contributed by atoms with Crippen LogP contribution < -0.4 is 0 Å². The highest BCUT2D eigenvalue weighted by atomic mass is 16.5. The van der Waals surface area contributed by atoms with Crippen molar-refractivity contribution >= 4 is 0 Å². The van der Waals surface area contributed by atoms with Crippen LogP contribution in [0.15, 0.2) is 0 Å². The van der Waals surface area contributed by atoms with Crippen LogP contribution in [0.25, 0.3) is 0 Å². The third kappa shape index (κ3) is 6.99. The van der Waals surface area contributed by atoms with E-state index in [9.17, 15) is 0 Å². The Labute approximate surface area is 167 Å². The minimum atomic E-state index is 0.198. The SMILES string of the molecule is COC(C)COC1CCC(C(C)(C)C2CCC(OCC(C)OC)CC2)CC1. The molecule has 2 aliphatic rings. The van der Waals surface area contributed by atoms with Crippen molar-refractivity contribution in [1.29, 1.82) is 0 Å². The molecule has 2 rings (SSSR count). The molecule has 0 saturated heterocycles. The largest absolute Gasteiger partial charge is 0.379 e. The van der Waals surface area contributed by atoms with Gasteiger partial charge in [-0.15, -0.1) is 0 Å². The van der Waals surface area contributed by atoms with E-state index in [-0.39, 0.29) is 12.2 Å². The van der Waals surface area contributed by atoms with Gasteiger partial charge in [0.15, 0.2) is 0 Å². The average molecular weight is 385 g/mol. The van der Waals surface area contributed by atoms with Gasteiger partial charge in [0.05, 0.1) is 37.6 Å². The van der Waals surface area contributed by atoms with Crippen LogP contribution in [0.2, 0.25) is 0 Å². The zero-order valence-electron chi connectivity index (χ0n) is 18.7. The molecule has 0 radical (unpaired) electrons. The van der Waals surface area contributed by atoms with Crippen molar-refractivity contribution in [2.24, 2.45) is 17.3 Å². The first-order valence-electron chi connectivity index (χ1n) is 11.2. The Balaban J connectivity index is 1.72. The van der Waals surface area contributed by atoms with E-state index < -0.39 is 0 Å². The molecule has 2 saturated carbocycles. The predicted molar refractivity (Wildman–Crippen MR) is 110 cm³/mol. The first-order chi connectivity index (χ1) is 12.9. The highest BCUT2D eigenvalue weighted by Gasteiger charge is 2.40. The van der Waals surface area contributed by atoms with Crippen LogP contribution in [0.1, 0.15) is 79.1 Å². The Hall–Kier alpha value is -0.160. The lowest BCUT2D eigenvalue weighted by Crippen LogP contribution is -2.39. The molecule has 2 fully saturated rings. The van der Waals surface area contributed by atoms with Gasteiger partial charge in [0, 0.05) is 14.2 Å².